The fraction of sp³-hybridized carbons (Fsp3) is 0.167. The maximum atomic E-state index is 13.4. The lowest BCUT2D eigenvalue weighted by Gasteiger charge is -2.07. The van der Waals surface area contributed by atoms with Crippen LogP contribution in [0.4, 0.5) is 10.2 Å². The Morgan fingerprint density at radius 3 is 2.39 bits per heavy atom. The Bertz CT molecular complexity index is 1150. The van der Waals surface area contributed by atoms with Crippen molar-refractivity contribution in [3.8, 4) is 22.4 Å². The molecule has 4 aromatic rings. The molecule has 0 aliphatic carbocycles. The third-order valence-electron chi connectivity index (χ3n) is 4.49. The van der Waals surface area contributed by atoms with Crippen LogP contribution >= 0.6 is 12.6 Å². The average Bonchev–Trinajstić information content (AvgIpc) is 3.13. The van der Waals surface area contributed by atoms with Crippen LogP contribution in [0.25, 0.3) is 33.4 Å². The highest BCUT2D eigenvalue weighted by molar-refractivity contribution is 7.80. The predicted molar refractivity (Wildman–Crippen MR) is 130 cm³/mol. The number of aromatic nitrogens is 3. The van der Waals surface area contributed by atoms with Gasteiger partial charge in [-0.15, -0.1) is 0 Å². The number of allylic oxidation sites excluding steroid dienone is 1. The summed E-state index contributed by atoms with van der Waals surface area (Å²) in [6, 6.07) is 14.3. The number of thiol groups is 1. The van der Waals surface area contributed by atoms with Gasteiger partial charge in [0, 0.05) is 34.4 Å². The van der Waals surface area contributed by atoms with Gasteiger partial charge in [-0.05, 0) is 73.0 Å². The molecule has 0 unspecified atom stereocenters. The number of H-pyrrole nitrogens is 1. The first-order valence-corrected chi connectivity index (χ1v) is 10.5. The largest absolute Gasteiger partial charge is 0.344 e. The topological polar surface area (TPSA) is 79.6 Å². The van der Waals surface area contributed by atoms with Crippen LogP contribution in [-0.4, -0.2) is 20.3 Å². The fourth-order valence-corrected chi connectivity index (χ4v) is 3.06. The minimum absolute atomic E-state index is 0.0278. The molecular weight excluding hydrogens is 409 g/mol. The van der Waals surface area contributed by atoms with Crippen molar-refractivity contribution >= 4 is 29.5 Å². The summed E-state index contributed by atoms with van der Waals surface area (Å²) in [4.78, 5) is 12.2. The molecule has 0 radical (unpaired) electrons. The Kier molecular flexibility index (Phi) is 7.44. The molecule has 5 nitrogen and oxygen atoms in total. The highest BCUT2D eigenvalue weighted by Gasteiger charge is 2.16. The number of pyridine rings is 2. The molecule has 4 rings (SSSR count). The third-order valence-corrected chi connectivity index (χ3v) is 4.49. The van der Waals surface area contributed by atoms with Crippen molar-refractivity contribution in [2.75, 3.05) is 5.32 Å². The number of halogens is 1. The molecule has 1 atom stereocenters. The van der Waals surface area contributed by atoms with E-state index in [9.17, 15) is 4.39 Å². The molecule has 3 heterocycles. The summed E-state index contributed by atoms with van der Waals surface area (Å²) in [6.45, 7) is 7.82. The maximum Gasteiger partial charge on any atom is 0.140 e. The van der Waals surface area contributed by atoms with Gasteiger partial charge in [0.25, 0.3) is 0 Å². The predicted octanol–water partition coefficient (Wildman–Crippen LogP) is 5.99. The van der Waals surface area contributed by atoms with E-state index in [-0.39, 0.29) is 11.2 Å². The molecule has 0 spiro atoms. The smallest absolute Gasteiger partial charge is 0.140 e. The molecule has 0 fully saturated rings. The van der Waals surface area contributed by atoms with E-state index in [2.05, 4.69) is 34.5 Å². The third kappa shape index (κ3) is 5.71. The van der Waals surface area contributed by atoms with Gasteiger partial charge in [0.1, 0.15) is 17.3 Å². The molecule has 1 aromatic carbocycles. The van der Waals surface area contributed by atoms with E-state index in [0.29, 0.717) is 0 Å². The number of nitrogens with zero attached hydrogens (tertiary/aromatic N) is 2. The number of hydrogen-bond acceptors (Lipinski definition) is 5. The van der Waals surface area contributed by atoms with Crippen LogP contribution in [0.2, 0.25) is 0 Å². The van der Waals surface area contributed by atoms with Gasteiger partial charge in [0.15, 0.2) is 0 Å². The second-order valence-electron chi connectivity index (χ2n) is 7.03. The summed E-state index contributed by atoms with van der Waals surface area (Å²) in [7, 11) is 0. The highest BCUT2D eigenvalue weighted by atomic mass is 32.1. The van der Waals surface area contributed by atoms with E-state index in [4.69, 9.17) is 10.7 Å². The molecule has 7 heteroatoms. The van der Waals surface area contributed by atoms with Crippen LogP contribution in [0, 0.1) is 5.82 Å². The Balaban J connectivity index is 0.000000628. The molecule has 4 N–H and O–H groups in total. The number of nitrogens with two attached hydrogens (primary N) is 1. The monoisotopic (exact) mass is 435 g/mol. The molecule has 3 aromatic heterocycles. The van der Waals surface area contributed by atoms with Crippen LogP contribution in [0.15, 0.2) is 73.2 Å². The van der Waals surface area contributed by atoms with Gasteiger partial charge in [-0.25, -0.2) is 9.37 Å². The maximum absolute atomic E-state index is 13.4. The lowest BCUT2D eigenvalue weighted by Crippen LogP contribution is -2.03. The molecule has 0 amide bonds. The first-order valence-electron chi connectivity index (χ1n) is 9.96. The number of hydrogen-bond donors (Lipinski definition) is 4. The van der Waals surface area contributed by atoms with Gasteiger partial charge in [-0.2, -0.15) is 12.6 Å². The second-order valence-corrected chi connectivity index (χ2v) is 7.85. The minimum Gasteiger partial charge on any atom is -0.344 e. The Morgan fingerprint density at radius 2 is 1.77 bits per heavy atom. The van der Waals surface area contributed by atoms with Crippen LogP contribution < -0.4 is 11.1 Å². The Labute approximate surface area is 187 Å². The zero-order valence-electron chi connectivity index (χ0n) is 17.6. The molecule has 0 saturated heterocycles. The Morgan fingerprint density at radius 1 is 1.13 bits per heavy atom. The number of benzene rings is 1. The van der Waals surface area contributed by atoms with Gasteiger partial charge < -0.3 is 16.0 Å². The summed E-state index contributed by atoms with van der Waals surface area (Å²) >= 11 is 3.74. The van der Waals surface area contributed by atoms with Gasteiger partial charge in [0.05, 0.1) is 5.69 Å². The Hall–Kier alpha value is -3.16. The van der Waals surface area contributed by atoms with Gasteiger partial charge in [0.2, 0.25) is 0 Å². The number of anilines is 1. The SMILES string of the molecule is C=C(CC)Nc1ccc2c(-c3ccncc3)c(-c3ccc(F)cc3)[nH]c2n1.C[C@H](N)S. The summed E-state index contributed by atoms with van der Waals surface area (Å²) in [6.07, 6.45) is 4.35. The zero-order chi connectivity index (χ0) is 22.4. The molecule has 0 saturated carbocycles. The van der Waals surface area contributed by atoms with Crippen molar-refractivity contribution in [3.63, 3.8) is 0 Å². The van der Waals surface area contributed by atoms with E-state index in [1.54, 1.807) is 24.5 Å². The summed E-state index contributed by atoms with van der Waals surface area (Å²) in [5.41, 5.74) is 10.5. The van der Waals surface area contributed by atoms with Gasteiger partial charge >= 0.3 is 0 Å². The zero-order valence-corrected chi connectivity index (χ0v) is 18.5. The number of fused-ring (bicyclic) bond motifs is 1. The van der Waals surface area contributed by atoms with Crippen LogP contribution in [0.1, 0.15) is 20.3 Å². The van der Waals surface area contributed by atoms with E-state index >= 15 is 0 Å². The molecule has 0 aliphatic heterocycles. The van der Waals surface area contributed by atoms with E-state index in [1.165, 1.54) is 12.1 Å². The molecular formula is C24H26FN5S. The molecule has 31 heavy (non-hydrogen) atoms. The van der Waals surface area contributed by atoms with Crippen molar-refractivity contribution in [2.45, 2.75) is 25.6 Å². The number of rotatable bonds is 5. The van der Waals surface area contributed by atoms with Crippen LogP contribution in [0.5, 0.6) is 0 Å². The van der Waals surface area contributed by atoms with Crippen molar-refractivity contribution in [1.82, 2.24) is 15.0 Å². The van der Waals surface area contributed by atoms with Crippen molar-refractivity contribution in [3.05, 3.63) is 79.0 Å². The van der Waals surface area contributed by atoms with Crippen molar-refractivity contribution in [1.29, 1.82) is 0 Å². The number of nitrogens with one attached hydrogen (secondary N) is 2. The van der Waals surface area contributed by atoms with Crippen LogP contribution in [0.3, 0.4) is 0 Å². The van der Waals surface area contributed by atoms with E-state index < -0.39 is 0 Å². The lowest BCUT2D eigenvalue weighted by atomic mass is 10.00. The normalized spacial score (nSPS) is 11.5. The minimum atomic E-state index is -0.261. The summed E-state index contributed by atoms with van der Waals surface area (Å²) in [5.74, 6) is 0.477. The van der Waals surface area contributed by atoms with Crippen LogP contribution in [-0.2, 0) is 0 Å². The van der Waals surface area contributed by atoms with Gasteiger partial charge in [-0.1, -0.05) is 13.5 Å². The fourth-order valence-electron chi connectivity index (χ4n) is 3.06. The number of aromatic amines is 1. The highest BCUT2D eigenvalue weighted by Crippen LogP contribution is 2.38. The first kappa shape index (κ1) is 22.5. The molecule has 0 aliphatic rings. The average molecular weight is 436 g/mol. The van der Waals surface area contributed by atoms with Crippen molar-refractivity contribution in [2.24, 2.45) is 5.73 Å². The summed E-state index contributed by atoms with van der Waals surface area (Å²) in [5, 5.41) is 4.24. The quantitative estimate of drug-likeness (QED) is 0.229. The summed E-state index contributed by atoms with van der Waals surface area (Å²) < 4.78 is 13.4. The lowest BCUT2D eigenvalue weighted by molar-refractivity contribution is 0.628. The van der Waals surface area contributed by atoms with E-state index in [0.717, 1.165) is 51.4 Å². The standard InChI is InChI=1S/C22H19FN4.C2H7NS/c1-3-14(2)25-19-9-8-18-20(15-10-12-24-13-11-15)21(27-22(18)26-19)16-4-6-17(23)7-5-16;1-2(3)4/h4-13H,2-3H2,1H3,(H2,25,26,27);2,4H,3H2,1H3/t;2-/m.1/s1. The molecule has 160 valence electrons. The second kappa shape index (κ2) is 10.2. The van der Waals surface area contributed by atoms with Gasteiger partial charge in [-0.3, -0.25) is 4.98 Å². The molecule has 0 bridgehead atoms. The van der Waals surface area contributed by atoms with E-state index in [1.807, 2.05) is 38.1 Å². The first-order chi connectivity index (χ1) is 14.9. The van der Waals surface area contributed by atoms with Crippen molar-refractivity contribution < 1.29 is 4.39 Å².